The topological polar surface area (TPSA) is 250 Å². The second-order valence-electron chi connectivity index (χ2n) is 14.6. The Morgan fingerprint density at radius 3 is 2.41 bits per heavy atom. The van der Waals surface area contributed by atoms with Gasteiger partial charge in [-0.3, -0.25) is 28.9 Å². The molecule has 3 fully saturated rings. The number of fused-ring (bicyclic) bond motifs is 1. The predicted molar refractivity (Wildman–Crippen MR) is 195 cm³/mol. The number of esters is 1. The number of likely N-dealkylation sites (tertiary alicyclic amines) is 1. The fourth-order valence-corrected chi connectivity index (χ4v) is 8.48. The van der Waals surface area contributed by atoms with E-state index in [-0.39, 0.29) is 53.1 Å². The summed E-state index contributed by atoms with van der Waals surface area (Å²) in [6, 6.07) is -1.87. The van der Waals surface area contributed by atoms with E-state index in [9.17, 15) is 43.9 Å². The molecule has 1 aromatic heterocycles. The fraction of sp³-hybridized carbons (Fsp3) is 0.588. The minimum atomic E-state index is -1.34. The second kappa shape index (κ2) is 16.7. The summed E-state index contributed by atoms with van der Waals surface area (Å²) in [5.41, 5.74) is -0.830. The van der Waals surface area contributed by atoms with Gasteiger partial charge in [-0.15, -0.1) is 11.8 Å². The summed E-state index contributed by atoms with van der Waals surface area (Å²) in [6.45, 7) is 9.20. The Morgan fingerprint density at radius 2 is 1.78 bits per heavy atom. The summed E-state index contributed by atoms with van der Waals surface area (Å²) in [7, 11) is 0. The van der Waals surface area contributed by atoms with Crippen molar-refractivity contribution in [1.29, 1.82) is 0 Å². The van der Waals surface area contributed by atoms with Crippen molar-refractivity contribution in [2.45, 2.75) is 109 Å². The van der Waals surface area contributed by atoms with Crippen molar-refractivity contribution in [3.05, 3.63) is 28.7 Å². The van der Waals surface area contributed by atoms with Gasteiger partial charge in [-0.05, 0) is 57.6 Å². The molecule has 54 heavy (non-hydrogen) atoms. The highest BCUT2D eigenvalue weighted by Gasteiger charge is 2.54. The number of carboxylic acid groups (broad SMARTS) is 1. The maximum Gasteiger partial charge on any atom is 0.352 e. The van der Waals surface area contributed by atoms with Gasteiger partial charge in [-0.1, -0.05) is 31.8 Å². The third kappa shape index (κ3) is 9.08. The number of hydrogen-bond donors (Lipinski definition) is 5. The molecule has 18 nitrogen and oxygen atoms in total. The first-order valence-corrected chi connectivity index (χ1v) is 19.4. The monoisotopic (exact) mass is 788 g/mol. The van der Waals surface area contributed by atoms with E-state index in [4.69, 9.17) is 4.74 Å². The van der Waals surface area contributed by atoms with Gasteiger partial charge in [0.25, 0.3) is 11.8 Å². The van der Waals surface area contributed by atoms with Gasteiger partial charge < -0.3 is 35.9 Å². The van der Waals surface area contributed by atoms with Crippen molar-refractivity contribution in [2.75, 3.05) is 17.6 Å². The number of nitrogens with zero attached hydrogens (tertiary/aromatic N) is 5. The molecule has 1 aromatic rings. The molecule has 3 atom stereocenters. The zero-order valence-corrected chi connectivity index (χ0v) is 32.2. The van der Waals surface area contributed by atoms with E-state index in [0.717, 1.165) is 30.6 Å². The highest BCUT2D eigenvalue weighted by Crippen LogP contribution is 2.41. The summed E-state index contributed by atoms with van der Waals surface area (Å²) in [5.74, 6) is -5.40. The second-order valence-corrected chi connectivity index (χ2v) is 16.5. The van der Waals surface area contributed by atoms with Crippen LogP contribution in [0, 0.1) is 5.92 Å². The van der Waals surface area contributed by atoms with Crippen molar-refractivity contribution in [2.24, 2.45) is 11.1 Å². The van der Waals surface area contributed by atoms with Crippen molar-refractivity contribution in [3.8, 4) is 0 Å². The number of amides is 5. The van der Waals surface area contributed by atoms with E-state index in [0.29, 0.717) is 35.6 Å². The van der Waals surface area contributed by atoms with Crippen LogP contribution in [0.5, 0.6) is 0 Å². The maximum atomic E-state index is 13.3. The number of aromatic nitrogens is 2. The normalized spacial score (nSPS) is 22.0. The predicted octanol–water partition coefficient (Wildman–Crippen LogP) is 1.76. The van der Waals surface area contributed by atoms with Crippen LogP contribution in [-0.2, 0) is 38.3 Å². The Hall–Kier alpha value is -4.85. The molecule has 5 amide bonds. The van der Waals surface area contributed by atoms with Gasteiger partial charge in [0.2, 0.25) is 34.4 Å². The number of allylic oxidation sites excluding steroid dienone is 1. The lowest BCUT2D eigenvalue weighted by Gasteiger charge is -2.49. The van der Waals surface area contributed by atoms with Gasteiger partial charge in [0, 0.05) is 48.3 Å². The summed E-state index contributed by atoms with van der Waals surface area (Å²) in [4.78, 5) is 96.5. The zero-order chi connectivity index (χ0) is 39.5. The number of β-lactam (4-membered cyclic amide) rings is 1. The Morgan fingerprint density at radius 1 is 1.09 bits per heavy atom. The van der Waals surface area contributed by atoms with Crippen molar-refractivity contribution < 1.29 is 48.6 Å². The highest BCUT2D eigenvalue weighted by atomic mass is 32.2. The van der Waals surface area contributed by atoms with Crippen LogP contribution in [0.3, 0.4) is 0 Å². The van der Waals surface area contributed by atoms with Crippen LogP contribution in [0.2, 0.25) is 0 Å². The zero-order valence-electron chi connectivity index (χ0n) is 30.5. The number of aliphatic carboxylic acids is 1. The Balaban J connectivity index is 1.15. The lowest BCUT2D eigenvalue weighted by atomic mass is 10.0. The molecule has 0 spiro atoms. The molecule has 4 aliphatic rings. The Bertz CT molecular complexity index is 1810. The van der Waals surface area contributed by atoms with Gasteiger partial charge >= 0.3 is 11.9 Å². The minimum absolute atomic E-state index is 0.0723. The molecular weight excluding hydrogens is 745 g/mol. The van der Waals surface area contributed by atoms with Crippen LogP contribution >= 0.6 is 23.3 Å². The summed E-state index contributed by atoms with van der Waals surface area (Å²) < 4.78 is 9.33. The van der Waals surface area contributed by atoms with Gasteiger partial charge in [0.15, 0.2) is 0 Å². The number of anilines is 1. The Kier molecular flexibility index (Phi) is 12.4. The molecule has 5 N–H and O–H groups in total. The van der Waals surface area contributed by atoms with E-state index in [1.54, 1.807) is 40.7 Å². The summed E-state index contributed by atoms with van der Waals surface area (Å²) in [6.07, 6.45) is 5.58. The molecule has 1 aliphatic carbocycles. The van der Waals surface area contributed by atoms with Gasteiger partial charge in [-0.2, -0.15) is 9.36 Å². The van der Waals surface area contributed by atoms with E-state index in [1.165, 1.54) is 11.8 Å². The van der Waals surface area contributed by atoms with Crippen LogP contribution < -0.4 is 16.0 Å². The van der Waals surface area contributed by atoms with Crippen LogP contribution in [0.25, 0.3) is 0 Å². The van der Waals surface area contributed by atoms with Crippen molar-refractivity contribution in [3.63, 3.8) is 0 Å². The first kappa shape index (κ1) is 40.3. The quantitative estimate of drug-likeness (QED) is 0.0478. The molecular formula is C34H44N8O10S2. The number of ether oxygens (including phenoxy) is 1. The number of oxime groups is 1. The first-order valence-electron chi connectivity index (χ1n) is 17.6. The van der Waals surface area contributed by atoms with Crippen LogP contribution in [0.1, 0.15) is 85.4 Å². The van der Waals surface area contributed by atoms with Crippen LogP contribution in [0.15, 0.2) is 28.1 Å². The van der Waals surface area contributed by atoms with Gasteiger partial charge in [0.1, 0.15) is 28.8 Å². The average molecular weight is 789 g/mol. The van der Waals surface area contributed by atoms with E-state index in [1.807, 2.05) is 4.90 Å². The van der Waals surface area contributed by atoms with Crippen molar-refractivity contribution in [1.82, 2.24) is 29.8 Å². The number of thioether (sulfide) groups is 1. The minimum Gasteiger partial charge on any atom is -0.477 e. The van der Waals surface area contributed by atoms with E-state index in [2.05, 4.69) is 30.5 Å². The van der Waals surface area contributed by atoms with E-state index < -0.39 is 64.3 Å². The molecule has 20 heteroatoms. The molecule has 0 radical (unpaired) electrons. The maximum absolute atomic E-state index is 13.3. The number of rotatable bonds is 13. The molecule has 3 aliphatic heterocycles. The largest absolute Gasteiger partial charge is 0.477 e. The van der Waals surface area contributed by atoms with Gasteiger partial charge in [-0.25, -0.2) is 9.59 Å². The molecule has 4 heterocycles. The number of nitrogens with one attached hydrogen (secondary N) is 3. The SMILES string of the molecule is CC(C)[C@H](NC(=O)CCC(=O)Nc1nc(/C(=N\O)C(=O)N[C@@H]2C(=O)N3C(C(=O)O)=C(/C=C4\CCN(C5CCCC5)C4=O)CS[C@H]23)ns1)C(=O)OC(C)(C)C. The Labute approximate surface area is 319 Å². The highest BCUT2D eigenvalue weighted by molar-refractivity contribution is 8.00. The lowest BCUT2D eigenvalue weighted by molar-refractivity contribution is -0.160. The third-order valence-corrected chi connectivity index (χ3v) is 11.1. The molecule has 5 rings (SSSR count). The van der Waals surface area contributed by atoms with Gasteiger partial charge in [0.05, 0.1) is 0 Å². The van der Waals surface area contributed by atoms with Crippen LogP contribution in [0.4, 0.5) is 5.13 Å². The van der Waals surface area contributed by atoms with Crippen molar-refractivity contribution >= 4 is 75.6 Å². The molecule has 0 aromatic carbocycles. The van der Waals surface area contributed by atoms with Crippen LogP contribution in [-0.4, -0.2) is 118 Å². The third-order valence-electron chi connectivity index (χ3n) is 9.18. The number of carbonyl (C=O) groups is 7. The number of hydrogen-bond acceptors (Lipinski definition) is 14. The molecule has 1 saturated carbocycles. The summed E-state index contributed by atoms with van der Waals surface area (Å²) in [5, 5.41) is 29.4. The first-order chi connectivity index (χ1) is 25.5. The molecule has 292 valence electrons. The standard InChI is InChI=1S/C34H44N8O10S2/c1-16(2)22(32(50)52-34(3,4)5)35-20(43)10-11-21(44)36-33-38-26(40-54-33)23(39-51)27(45)37-24-29(47)42-25(31(48)49)18(15-53-30(24)42)14-17-12-13-41(28(17)46)19-8-6-7-9-19/h14,16,19,22,24,30,51H,6-13,15H2,1-5H3,(H,35,43)(H,37,45)(H,48,49)(H,36,38,40,44)/b17-14+,39-23+/t22-,24+,30+/m0/s1. The molecule has 2 saturated heterocycles. The average Bonchev–Trinajstić information content (AvgIpc) is 3.87. The smallest absolute Gasteiger partial charge is 0.352 e. The lowest BCUT2D eigenvalue weighted by Crippen LogP contribution is -2.71. The molecule has 0 bridgehead atoms. The fourth-order valence-electron chi connectivity index (χ4n) is 6.59. The number of carboxylic acids is 1. The molecule has 0 unspecified atom stereocenters. The summed E-state index contributed by atoms with van der Waals surface area (Å²) >= 11 is 1.88. The van der Waals surface area contributed by atoms with E-state index >= 15 is 0 Å². The number of carbonyl (C=O) groups excluding carboxylic acids is 6.